The van der Waals surface area contributed by atoms with Gasteiger partial charge in [0.2, 0.25) is 0 Å². The fourth-order valence-corrected chi connectivity index (χ4v) is 4.01. The van der Waals surface area contributed by atoms with Crippen LogP contribution in [0, 0.1) is 0 Å². The average Bonchev–Trinajstić information content (AvgIpc) is 3.14. The van der Waals surface area contributed by atoms with E-state index in [0.717, 1.165) is 28.5 Å². The molecular weight excluding hydrogens is 426 g/mol. The van der Waals surface area contributed by atoms with Gasteiger partial charge >= 0.3 is 12.1 Å². The van der Waals surface area contributed by atoms with Crippen molar-refractivity contribution in [3.63, 3.8) is 0 Å². The highest BCUT2D eigenvalue weighted by Crippen LogP contribution is 2.44. The summed E-state index contributed by atoms with van der Waals surface area (Å²) in [6.07, 6.45) is -2.44. The number of anilines is 1. The molecule has 0 fully saturated rings. The molecule has 0 aliphatic heterocycles. The van der Waals surface area contributed by atoms with Crippen molar-refractivity contribution in [3.8, 4) is 11.1 Å². The Kier molecular flexibility index (Phi) is 6.25. The van der Waals surface area contributed by atoms with Crippen molar-refractivity contribution in [2.24, 2.45) is 0 Å². The maximum absolute atomic E-state index is 12.2. The van der Waals surface area contributed by atoms with E-state index < -0.39 is 24.3 Å². The van der Waals surface area contributed by atoms with Crippen molar-refractivity contribution >= 4 is 17.7 Å². The number of hydrogen-bond donors (Lipinski definition) is 5. The zero-order valence-corrected chi connectivity index (χ0v) is 17.5. The molecule has 33 heavy (non-hydrogen) atoms. The predicted octanol–water partition coefficient (Wildman–Crippen LogP) is 2.29. The molecule has 170 valence electrons. The molecule has 1 aliphatic rings. The Balaban J connectivity index is 1.34. The van der Waals surface area contributed by atoms with Gasteiger partial charge < -0.3 is 31.1 Å². The van der Waals surface area contributed by atoms with Crippen molar-refractivity contribution in [3.05, 3.63) is 83.2 Å². The molecule has 9 nitrogen and oxygen atoms in total. The second-order valence-electron chi connectivity index (χ2n) is 7.73. The van der Waals surface area contributed by atoms with E-state index in [1.54, 1.807) is 0 Å². The molecule has 2 atom stereocenters. The molecule has 2 unspecified atom stereocenters. The van der Waals surface area contributed by atoms with Gasteiger partial charge in [-0.3, -0.25) is 0 Å². The summed E-state index contributed by atoms with van der Waals surface area (Å²) in [7, 11) is 0. The highest BCUT2D eigenvalue weighted by Gasteiger charge is 2.29. The van der Waals surface area contributed by atoms with Gasteiger partial charge in [0.05, 0.1) is 5.69 Å². The molecule has 3 aromatic rings. The summed E-state index contributed by atoms with van der Waals surface area (Å²) in [5.74, 6) is -1.40. The zero-order chi connectivity index (χ0) is 23.5. The van der Waals surface area contributed by atoms with Crippen LogP contribution in [0.3, 0.4) is 0 Å². The zero-order valence-electron chi connectivity index (χ0n) is 17.5. The number of nitrogens with one attached hydrogen (secondary N) is 1. The van der Waals surface area contributed by atoms with E-state index in [1.165, 1.54) is 6.07 Å². The van der Waals surface area contributed by atoms with Gasteiger partial charge in [-0.25, -0.2) is 14.6 Å². The minimum atomic E-state index is -1.43. The normalized spacial score (nSPS) is 14.1. The first-order valence-corrected chi connectivity index (χ1v) is 10.3. The fourth-order valence-electron chi connectivity index (χ4n) is 4.01. The lowest BCUT2D eigenvalue weighted by molar-refractivity contribution is 0.0183. The largest absolute Gasteiger partial charge is 0.476 e. The van der Waals surface area contributed by atoms with Gasteiger partial charge in [0.1, 0.15) is 18.8 Å². The van der Waals surface area contributed by atoms with E-state index in [1.807, 2.05) is 48.5 Å². The Hall–Kier alpha value is -3.95. The number of carboxylic acids is 1. The van der Waals surface area contributed by atoms with Crippen LogP contribution in [0.1, 0.15) is 39.2 Å². The summed E-state index contributed by atoms with van der Waals surface area (Å²) in [4.78, 5) is 26.9. The third kappa shape index (κ3) is 4.50. The summed E-state index contributed by atoms with van der Waals surface area (Å²) < 4.78 is 5.40. The second-order valence-corrected chi connectivity index (χ2v) is 7.73. The number of nitrogens with two attached hydrogens (primary N) is 1. The lowest BCUT2D eigenvalue weighted by atomic mass is 9.98. The molecule has 0 saturated carbocycles. The standard InChI is InChI=1S/C24H23N3O6/c25-19-9-13(10-26-21(19)23(30)31)22(29)20(28)11-27-24(32)33-12-18-16-7-3-1-5-14(16)15-6-2-4-8-17(15)18/h1-10,18,20,22,28-29H,11-12,25H2,(H,27,32)(H,30,31). The van der Waals surface area contributed by atoms with Crippen LogP contribution in [0.4, 0.5) is 10.5 Å². The summed E-state index contributed by atoms with van der Waals surface area (Å²) in [6, 6.07) is 17.1. The van der Waals surface area contributed by atoms with E-state index in [-0.39, 0.29) is 36.0 Å². The van der Waals surface area contributed by atoms with Crippen LogP contribution in [-0.2, 0) is 4.74 Å². The minimum absolute atomic E-state index is 0.0968. The molecule has 1 heterocycles. The number of fused-ring (bicyclic) bond motifs is 3. The maximum atomic E-state index is 12.2. The lowest BCUT2D eigenvalue weighted by Crippen LogP contribution is -2.36. The molecule has 0 spiro atoms. The Morgan fingerprint density at radius 3 is 2.24 bits per heavy atom. The SMILES string of the molecule is Nc1cc(C(O)C(O)CNC(=O)OCC2c3ccccc3-c3ccccc32)cnc1C(=O)O. The average molecular weight is 449 g/mol. The Morgan fingerprint density at radius 2 is 1.67 bits per heavy atom. The third-order valence-electron chi connectivity index (χ3n) is 5.65. The molecule has 0 radical (unpaired) electrons. The Morgan fingerprint density at radius 1 is 1.06 bits per heavy atom. The van der Waals surface area contributed by atoms with Crippen LogP contribution >= 0.6 is 0 Å². The number of nitrogen functional groups attached to an aromatic ring is 1. The van der Waals surface area contributed by atoms with Crippen LogP contribution in [0.2, 0.25) is 0 Å². The van der Waals surface area contributed by atoms with E-state index >= 15 is 0 Å². The van der Waals surface area contributed by atoms with Crippen LogP contribution in [0.15, 0.2) is 60.8 Å². The molecule has 6 N–H and O–H groups in total. The number of hydrogen-bond acceptors (Lipinski definition) is 7. The van der Waals surface area contributed by atoms with Crippen molar-refractivity contribution < 1.29 is 29.6 Å². The lowest BCUT2D eigenvalue weighted by Gasteiger charge is -2.19. The highest BCUT2D eigenvalue weighted by atomic mass is 16.5. The second kappa shape index (κ2) is 9.27. The van der Waals surface area contributed by atoms with Crippen LogP contribution in [-0.4, -0.2) is 51.6 Å². The maximum Gasteiger partial charge on any atom is 0.407 e. The Labute approximate surface area is 189 Å². The van der Waals surface area contributed by atoms with Crippen LogP contribution < -0.4 is 11.1 Å². The first-order chi connectivity index (χ1) is 15.9. The molecule has 1 amide bonds. The first-order valence-electron chi connectivity index (χ1n) is 10.3. The number of carbonyl (C=O) groups excluding carboxylic acids is 1. The minimum Gasteiger partial charge on any atom is -0.476 e. The molecular formula is C24H23N3O6. The number of aromatic carboxylic acids is 1. The smallest absolute Gasteiger partial charge is 0.407 e. The van der Waals surface area contributed by atoms with E-state index in [0.29, 0.717) is 0 Å². The molecule has 9 heteroatoms. The number of nitrogens with zero attached hydrogens (tertiary/aromatic N) is 1. The number of aliphatic hydroxyl groups is 2. The summed E-state index contributed by atoms with van der Waals surface area (Å²) in [5.41, 5.74) is 9.64. The van der Waals surface area contributed by atoms with Crippen molar-refractivity contribution in [1.82, 2.24) is 10.3 Å². The van der Waals surface area contributed by atoms with Crippen molar-refractivity contribution in [2.75, 3.05) is 18.9 Å². The number of ether oxygens (including phenoxy) is 1. The van der Waals surface area contributed by atoms with Gasteiger partial charge in [-0.15, -0.1) is 0 Å². The van der Waals surface area contributed by atoms with Gasteiger partial charge in [0, 0.05) is 24.2 Å². The first kappa shape index (κ1) is 22.3. The molecule has 0 saturated heterocycles. The number of aromatic nitrogens is 1. The third-order valence-corrected chi connectivity index (χ3v) is 5.65. The number of amides is 1. The fraction of sp³-hybridized carbons (Fsp3) is 0.208. The quantitative estimate of drug-likeness (QED) is 0.368. The molecule has 1 aliphatic carbocycles. The van der Waals surface area contributed by atoms with Gasteiger partial charge in [-0.1, -0.05) is 48.5 Å². The number of benzene rings is 2. The monoisotopic (exact) mass is 449 g/mol. The Bertz CT molecular complexity index is 1150. The molecule has 2 aromatic carbocycles. The van der Waals surface area contributed by atoms with Gasteiger partial charge in [-0.05, 0) is 28.3 Å². The number of pyridine rings is 1. The van der Waals surface area contributed by atoms with Crippen LogP contribution in [0.25, 0.3) is 11.1 Å². The van der Waals surface area contributed by atoms with E-state index in [4.69, 9.17) is 15.6 Å². The molecule has 0 bridgehead atoms. The number of rotatable bonds is 7. The number of carbonyl (C=O) groups is 2. The topological polar surface area (TPSA) is 155 Å². The van der Waals surface area contributed by atoms with E-state index in [2.05, 4.69) is 10.3 Å². The number of alkyl carbamates (subject to hydrolysis) is 1. The predicted molar refractivity (Wildman–Crippen MR) is 120 cm³/mol. The summed E-state index contributed by atoms with van der Waals surface area (Å²) >= 11 is 0. The summed E-state index contributed by atoms with van der Waals surface area (Å²) in [6.45, 7) is -0.173. The highest BCUT2D eigenvalue weighted by molar-refractivity contribution is 5.91. The number of carboxylic acid groups (broad SMARTS) is 1. The number of aliphatic hydroxyl groups excluding tert-OH is 2. The van der Waals surface area contributed by atoms with Crippen LogP contribution in [0.5, 0.6) is 0 Å². The van der Waals surface area contributed by atoms with E-state index in [9.17, 15) is 19.8 Å². The molecule has 1 aromatic heterocycles. The van der Waals surface area contributed by atoms with Gasteiger partial charge in [-0.2, -0.15) is 0 Å². The summed E-state index contributed by atoms with van der Waals surface area (Å²) in [5, 5.41) is 31.9. The molecule has 4 rings (SSSR count). The van der Waals surface area contributed by atoms with Crippen molar-refractivity contribution in [2.45, 2.75) is 18.1 Å². The van der Waals surface area contributed by atoms with Gasteiger partial charge in [0.15, 0.2) is 5.69 Å². The van der Waals surface area contributed by atoms with Crippen molar-refractivity contribution in [1.29, 1.82) is 0 Å². The van der Waals surface area contributed by atoms with Gasteiger partial charge in [0.25, 0.3) is 0 Å².